The number of rotatable bonds is 11. The Bertz CT molecular complexity index is 808. The molecule has 0 saturated carbocycles. The monoisotopic (exact) mass is 409 g/mol. The van der Waals surface area contributed by atoms with Crippen LogP contribution in [-0.2, 0) is 20.8 Å². The van der Waals surface area contributed by atoms with Crippen LogP contribution in [-0.4, -0.2) is 50.6 Å². The molecule has 0 aromatic carbocycles. The van der Waals surface area contributed by atoms with Gasteiger partial charge in [-0.25, -0.2) is 4.79 Å². The number of nitrogens with zero attached hydrogens (tertiary/aromatic N) is 1. The number of hydrogen-bond acceptors (Lipinski definition) is 7. The average Bonchev–Trinajstić information content (AvgIpc) is 2.64. The summed E-state index contributed by atoms with van der Waals surface area (Å²) in [5.74, 6) is -1.83. The van der Waals surface area contributed by atoms with Crippen molar-refractivity contribution in [3.8, 4) is 0 Å². The van der Waals surface area contributed by atoms with Crippen LogP contribution in [0.15, 0.2) is 4.79 Å². The highest BCUT2D eigenvalue weighted by Gasteiger charge is 2.23. The van der Waals surface area contributed by atoms with Gasteiger partial charge in [-0.3, -0.25) is 19.4 Å². The molecule has 160 valence electrons. The van der Waals surface area contributed by atoms with Crippen molar-refractivity contribution < 1.29 is 24.6 Å². The Kier molecular flexibility index (Phi) is 7.98. The predicted octanol–water partition coefficient (Wildman–Crippen LogP) is 0.321. The summed E-state index contributed by atoms with van der Waals surface area (Å²) in [6, 6.07) is -1.19. The van der Waals surface area contributed by atoms with E-state index in [9.17, 15) is 19.2 Å². The van der Waals surface area contributed by atoms with Crippen molar-refractivity contribution in [1.29, 1.82) is 0 Å². The SMILES string of the molecule is Nc1nc2c(c(=O)[nH]1)C[C@H](CCCCCC(=O)N[C@@H](CCC(=O)O)C(=O)O)CN2. The number of carboxylic acid groups (broad SMARTS) is 2. The highest BCUT2D eigenvalue weighted by atomic mass is 16.4. The van der Waals surface area contributed by atoms with Crippen molar-refractivity contribution in [3.63, 3.8) is 0 Å². The summed E-state index contributed by atoms with van der Waals surface area (Å²) < 4.78 is 0. The van der Waals surface area contributed by atoms with E-state index in [1.807, 2.05) is 0 Å². The Morgan fingerprint density at radius 2 is 1.97 bits per heavy atom. The van der Waals surface area contributed by atoms with Gasteiger partial charge in [0.25, 0.3) is 5.56 Å². The molecule has 0 radical (unpaired) electrons. The lowest BCUT2D eigenvalue weighted by Crippen LogP contribution is -2.41. The summed E-state index contributed by atoms with van der Waals surface area (Å²) in [5, 5.41) is 23.2. The van der Waals surface area contributed by atoms with Gasteiger partial charge in [-0.15, -0.1) is 0 Å². The summed E-state index contributed by atoms with van der Waals surface area (Å²) in [6.45, 7) is 0.702. The quantitative estimate of drug-likeness (QED) is 0.280. The van der Waals surface area contributed by atoms with E-state index in [4.69, 9.17) is 15.9 Å². The lowest BCUT2D eigenvalue weighted by Gasteiger charge is -2.24. The molecule has 2 atom stereocenters. The first-order valence-electron chi connectivity index (χ1n) is 9.62. The minimum absolute atomic E-state index is 0.0890. The van der Waals surface area contributed by atoms with Gasteiger partial charge in [-0.05, 0) is 31.6 Å². The minimum atomic E-state index is -1.24. The van der Waals surface area contributed by atoms with Gasteiger partial charge in [0.15, 0.2) is 0 Å². The predicted molar refractivity (Wildman–Crippen MR) is 104 cm³/mol. The zero-order valence-corrected chi connectivity index (χ0v) is 16.1. The molecule has 2 rings (SSSR count). The van der Waals surface area contributed by atoms with E-state index in [2.05, 4.69) is 20.6 Å². The number of hydrogen-bond donors (Lipinski definition) is 6. The topological polar surface area (TPSA) is 187 Å². The maximum atomic E-state index is 12.0. The molecule has 0 unspecified atom stereocenters. The fraction of sp³-hybridized carbons (Fsp3) is 0.611. The number of aromatic nitrogens is 2. The summed E-state index contributed by atoms with van der Waals surface area (Å²) in [7, 11) is 0. The second-order valence-corrected chi connectivity index (χ2v) is 7.22. The van der Waals surface area contributed by atoms with Crippen molar-refractivity contribution in [2.24, 2.45) is 5.92 Å². The number of nitrogen functional groups attached to an aromatic ring is 1. The standard InChI is InChI=1S/C18H27N5O6/c19-18-22-15-11(16(27)23-18)8-10(9-20-15)4-2-1-3-5-13(24)21-12(17(28)29)6-7-14(25)26/h10,12H,1-9H2,(H,21,24)(H,25,26)(H,28,29)(H4,19,20,22,23,27)/t10-,12-/m0/s1. The molecule has 1 aromatic heterocycles. The molecular formula is C18H27N5O6. The number of unbranched alkanes of at least 4 members (excludes halogenated alkanes) is 2. The van der Waals surface area contributed by atoms with Gasteiger partial charge < -0.3 is 26.6 Å². The summed E-state index contributed by atoms with van der Waals surface area (Å²) in [5.41, 5.74) is 5.92. The van der Waals surface area contributed by atoms with Crippen molar-refractivity contribution in [2.45, 2.75) is 57.4 Å². The van der Waals surface area contributed by atoms with Gasteiger partial charge in [-0.1, -0.05) is 12.8 Å². The lowest BCUT2D eigenvalue weighted by molar-refractivity contribution is -0.143. The van der Waals surface area contributed by atoms with Gasteiger partial charge in [0.1, 0.15) is 11.9 Å². The first kappa shape index (κ1) is 22.2. The summed E-state index contributed by atoms with van der Waals surface area (Å²) in [4.78, 5) is 52.1. The number of carbonyl (C=O) groups excluding carboxylic acids is 1. The molecule has 0 bridgehead atoms. The van der Waals surface area contributed by atoms with Crippen LogP contribution in [0.3, 0.4) is 0 Å². The lowest BCUT2D eigenvalue weighted by atomic mass is 9.91. The van der Waals surface area contributed by atoms with Crippen LogP contribution >= 0.6 is 0 Å². The largest absolute Gasteiger partial charge is 0.481 e. The Morgan fingerprint density at radius 3 is 2.66 bits per heavy atom. The van der Waals surface area contributed by atoms with Gasteiger partial charge >= 0.3 is 11.9 Å². The molecule has 11 nitrogen and oxygen atoms in total. The maximum absolute atomic E-state index is 12.0. The molecule has 2 heterocycles. The van der Waals surface area contributed by atoms with Gasteiger partial charge in [-0.2, -0.15) is 4.98 Å². The van der Waals surface area contributed by atoms with E-state index in [1.54, 1.807) is 0 Å². The molecule has 11 heteroatoms. The van der Waals surface area contributed by atoms with Gasteiger partial charge in [0, 0.05) is 19.4 Å². The van der Waals surface area contributed by atoms with E-state index in [0.29, 0.717) is 30.8 Å². The molecule has 1 amide bonds. The normalized spacial score (nSPS) is 16.3. The molecule has 0 fully saturated rings. The zero-order chi connectivity index (χ0) is 21.4. The number of carboxylic acids is 2. The number of aromatic amines is 1. The van der Waals surface area contributed by atoms with E-state index in [0.717, 1.165) is 19.3 Å². The molecule has 1 aliphatic rings. The molecule has 0 saturated heterocycles. The Labute approximate surface area is 167 Å². The van der Waals surface area contributed by atoms with E-state index < -0.39 is 23.9 Å². The minimum Gasteiger partial charge on any atom is -0.481 e. The van der Waals surface area contributed by atoms with Crippen molar-refractivity contribution in [2.75, 3.05) is 17.6 Å². The van der Waals surface area contributed by atoms with Gasteiger partial charge in [0.2, 0.25) is 11.9 Å². The number of amides is 1. The molecule has 1 aromatic rings. The van der Waals surface area contributed by atoms with Gasteiger partial charge in [0.05, 0.1) is 5.56 Å². The van der Waals surface area contributed by atoms with Crippen molar-refractivity contribution >= 4 is 29.6 Å². The molecule has 0 aliphatic carbocycles. The highest BCUT2D eigenvalue weighted by Crippen LogP contribution is 2.23. The molecule has 1 aliphatic heterocycles. The average molecular weight is 409 g/mol. The number of nitrogens with two attached hydrogens (primary N) is 1. The second kappa shape index (κ2) is 10.4. The molecule has 7 N–H and O–H groups in total. The van der Waals surface area contributed by atoms with Crippen LogP contribution in [0.25, 0.3) is 0 Å². The van der Waals surface area contributed by atoms with E-state index >= 15 is 0 Å². The number of fused-ring (bicyclic) bond motifs is 1. The zero-order valence-electron chi connectivity index (χ0n) is 16.1. The number of H-pyrrole nitrogens is 1. The fourth-order valence-electron chi connectivity index (χ4n) is 3.34. The first-order chi connectivity index (χ1) is 13.8. The third-order valence-electron chi connectivity index (χ3n) is 4.88. The smallest absolute Gasteiger partial charge is 0.326 e. The highest BCUT2D eigenvalue weighted by molar-refractivity contribution is 5.83. The third-order valence-corrected chi connectivity index (χ3v) is 4.88. The van der Waals surface area contributed by atoms with Crippen LogP contribution < -0.4 is 21.9 Å². The van der Waals surface area contributed by atoms with Crippen LogP contribution in [0.5, 0.6) is 0 Å². The fourth-order valence-corrected chi connectivity index (χ4v) is 3.34. The first-order valence-corrected chi connectivity index (χ1v) is 9.62. The number of carbonyl (C=O) groups is 3. The van der Waals surface area contributed by atoms with Crippen LogP contribution in [0.1, 0.15) is 50.5 Å². The van der Waals surface area contributed by atoms with Crippen LogP contribution in [0.2, 0.25) is 0 Å². The van der Waals surface area contributed by atoms with E-state index in [-0.39, 0.29) is 36.7 Å². The molecule has 29 heavy (non-hydrogen) atoms. The Morgan fingerprint density at radius 1 is 1.21 bits per heavy atom. The van der Waals surface area contributed by atoms with E-state index in [1.165, 1.54) is 0 Å². The van der Waals surface area contributed by atoms with Crippen molar-refractivity contribution in [3.05, 3.63) is 15.9 Å². The number of aliphatic carboxylic acids is 2. The number of anilines is 2. The number of nitrogens with one attached hydrogen (secondary N) is 3. The molecular weight excluding hydrogens is 382 g/mol. The Balaban J connectivity index is 1.66. The summed E-state index contributed by atoms with van der Waals surface area (Å²) in [6.07, 6.45) is 3.49. The van der Waals surface area contributed by atoms with Crippen LogP contribution in [0.4, 0.5) is 11.8 Å². The second-order valence-electron chi connectivity index (χ2n) is 7.22. The Hall–Kier alpha value is -3.11. The van der Waals surface area contributed by atoms with Crippen LogP contribution in [0, 0.1) is 5.92 Å². The maximum Gasteiger partial charge on any atom is 0.326 e. The van der Waals surface area contributed by atoms with Crippen molar-refractivity contribution in [1.82, 2.24) is 15.3 Å². The third kappa shape index (κ3) is 7.09. The molecule has 0 spiro atoms. The summed E-state index contributed by atoms with van der Waals surface area (Å²) >= 11 is 0.